The van der Waals surface area contributed by atoms with Crippen LogP contribution in [0.1, 0.15) is 22.8 Å². The molecule has 1 heterocycles. The molecule has 5 heteroatoms. The molecular formula is C16H13Br2FO2. The van der Waals surface area contributed by atoms with E-state index in [-0.39, 0.29) is 5.56 Å². The number of ether oxygens (including phenoxy) is 1. The fourth-order valence-corrected chi connectivity index (χ4v) is 3.80. The van der Waals surface area contributed by atoms with Crippen molar-refractivity contribution in [1.29, 1.82) is 0 Å². The molecule has 2 nitrogen and oxygen atoms in total. The van der Waals surface area contributed by atoms with Crippen LogP contribution < -0.4 is 4.74 Å². The Morgan fingerprint density at radius 3 is 2.86 bits per heavy atom. The molecule has 0 saturated heterocycles. The van der Waals surface area contributed by atoms with Crippen molar-refractivity contribution in [2.24, 2.45) is 0 Å². The predicted octanol–water partition coefficient (Wildman–Crippen LogP) is 4.56. The molecule has 0 bridgehead atoms. The van der Waals surface area contributed by atoms with Crippen LogP contribution in [0.15, 0.2) is 39.3 Å². The third-order valence-corrected chi connectivity index (χ3v) is 4.72. The fraction of sp³-hybridized carbons (Fsp3) is 0.250. The van der Waals surface area contributed by atoms with Crippen molar-refractivity contribution in [2.75, 3.05) is 6.61 Å². The maximum Gasteiger partial charge on any atom is 0.130 e. The van der Waals surface area contributed by atoms with Crippen LogP contribution in [-0.4, -0.2) is 11.7 Å². The van der Waals surface area contributed by atoms with Gasteiger partial charge in [0.05, 0.1) is 12.7 Å². The zero-order chi connectivity index (χ0) is 15.0. The molecular weight excluding hydrogens is 403 g/mol. The van der Waals surface area contributed by atoms with E-state index < -0.39 is 11.9 Å². The van der Waals surface area contributed by atoms with Crippen LogP contribution in [0.4, 0.5) is 4.39 Å². The first-order chi connectivity index (χ1) is 10.1. The van der Waals surface area contributed by atoms with Gasteiger partial charge in [-0.3, -0.25) is 0 Å². The summed E-state index contributed by atoms with van der Waals surface area (Å²) in [5.41, 5.74) is 2.29. The molecule has 3 rings (SSSR count). The maximum absolute atomic E-state index is 13.9. The molecule has 1 aliphatic rings. The molecule has 2 aromatic rings. The third-order valence-electron chi connectivity index (χ3n) is 3.57. The van der Waals surface area contributed by atoms with E-state index in [2.05, 4.69) is 31.9 Å². The quantitative estimate of drug-likeness (QED) is 0.796. The second-order valence-electron chi connectivity index (χ2n) is 5.01. The summed E-state index contributed by atoms with van der Waals surface area (Å²) in [7, 11) is 0. The van der Waals surface area contributed by atoms with Gasteiger partial charge in [0.25, 0.3) is 0 Å². The van der Waals surface area contributed by atoms with Crippen molar-refractivity contribution >= 4 is 31.9 Å². The van der Waals surface area contributed by atoms with Crippen LogP contribution in [0.25, 0.3) is 0 Å². The van der Waals surface area contributed by atoms with E-state index in [0.29, 0.717) is 17.5 Å². The molecule has 0 radical (unpaired) electrons. The smallest absolute Gasteiger partial charge is 0.130 e. The highest BCUT2D eigenvalue weighted by molar-refractivity contribution is 9.10. The van der Waals surface area contributed by atoms with Crippen molar-refractivity contribution in [3.63, 3.8) is 0 Å². The standard InChI is InChI=1S/C16H13Br2FO2/c17-11-6-9-4-5-21-16(9)10(7-11)8-14(20)15-12(18)2-1-3-13(15)19/h1-3,6-7,14,20H,4-5,8H2. The van der Waals surface area contributed by atoms with E-state index in [1.54, 1.807) is 12.1 Å². The molecule has 0 aromatic heterocycles. The van der Waals surface area contributed by atoms with Crippen LogP contribution in [0.3, 0.4) is 0 Å². The number of fused-ring (bicyclic) bond motifs is 1. The van der Waals surface area contributed by atoms with Crippen molar-refractivity contribution in [3.05, 3.63) is 61.8 Å². The first-order valence-electron chi connectivity index (χ1n) is 6.62. The number of benzene rings is 2. The van der Waals surface area contributed by atoms with E-state index in [4.69, 9.17) is 4.74 Å². The molecule has 1 aliphatic heterocycles. The van der Waals surface area contributed by atoms with Gasteiger partial charge >= 0.3 is 0 Å². The highest BCUT2D eigenvalue weighted by Gasteiger charge is 2.22. The zero-order valence-electron chi connectivity index (χ0n) is 11.1. The summed E-state index contributed by atoms with van der Waals surface area (Å²) in [5.74, 6) is 0.411. The Bertz CT molecular complexity index is 668. The lowest BCUT2D eigenvalue weighted by molar-refractivity contribution is 0.171. The van der Waals surface area contributed by atoms with Crippen LogP contribution in [0.5, 0.6) is 5.75 Å². The van der Waals surface area contributed by atoms with Gasteiger partial charge < -0.3 is 9.84 Å². The van der Waals surface area contributed by atoms with Gasteiger partial charge in [-0.2, -0.15) is 0 Å². The van der Waals surface area contributed by atoms with Crippen LogP contribution in [-0.2, 0) is 12.8 Å². The highest BCUT2D eigenvalue weighted by Crippen LogP contribution is 2.36. The number of halogens is 3. The zero-order valence-corrected chi connectivity index (χ0v) is 14.2. The van der Waals surface area contributed by atoms with E-state index in [0.717, 1.165) is 27.8 Å². The summed E-state index contributed by atoms with van der Waals surface area (Å²) >= 11 is 6.77. The lowest BCUT2D eigenvalue weighted by atomic mass is 9.98. The SMILES string of the molecule is OC(Cc1cc(Br)cc2c1OCC2)c1c(F)cccc1Br. The average molecular weight is 416 g/mol. The number of aliphatic hydroxyl groups excluding tert-OH is 1. The highest BCUT2D eigenvalue weighted by atomic mass is 79.9. The number of rotatable bonds is 3. The molecule has 0 fully saturated rings. The van der Waals surface area contributed by atoms with Gasteiger partial charge in [-0.25, -0.2) is 4.39 Å². The molecule has 1 unspecified atom stereocenters. The second kappa shape index (κ2) is 6.07. The van der Waals surface area contributed by atoms with Crippen molar-refractivity contribution in [1.82, 2.24) is 0 Å². The van der Waals surface area contributed by atoms with Crippen LogP contribution in [0.2, 0.25) is 0 Å². The Morgan fingerprint density at radius 2 is 2.10 bits per heavy atom. The summed E-state index contributed by atoms with van der Waals surface area (Å²) in [6.45, 7) is 0.651. The number of hydrogen-bond acceptors (Lipinski definition) is 2. The lowest BCUT2D eigenvalue weighted by Crippen LogP contribution is -2.06. The minimum absolute atomic E-state index is 0.282. The monoisotopic (exact) mass is 414 g/mol. The molecule has 0 saturated carbocycles. The topological polar surface area (TPSA) is 29.5 Å². The van der Waals surface area contributed by atoms with Gasteiger partial charge in [0, 0.05) is 27.4 Å². The summed E-state index contributed by atoms with van der Waals surface area (Å²) in [6, 6.07) is 8.63. The van der Waals surface area contributed by atoms with E-state index in [9.17, 15) is 9.50 Å². The van der Waals surface area contributed by atoms with Gasteiger partial charge in [0.1, 0.15) is 11.6 Å². The molecule has 0 spiro atoms. The maximum atomic E-state index is 13.9. The van der Waals surface area contributed by atoms with E-state index in [1.165, 1.54) is 6.07 Å². The second-order valence-corrected chi connectivity index (χ2v) is 6.78. The van der Waals surface area contributed by atoms with Gasteiger partial charge in [-0.15, -0.1) is 0 Å². The van der Waals surface area contributed by atoms with Crippen LogP contribution in [0, 0.1) is 5.82 Å². The molecule has 1 N–H and O–H groups in total. The minimum atomic E-state index is -0.928. The molecule has 110 valence electrons. The molecule has 0 amide bonds. The minimum Gasteiger partial charge on any atom is -0.493 e. The predicted molar refractivity (Wildman–Crippen MR) is 86.1 cm³/mol. The Kier molecular flexibility index (Phi) is 4.33. The first kappa shape index (κ1) is 15.0. The van der Waals surface area contributed by atoms with Gasteiger partial charge in [0.15, 0.2) is 0 Å². The summed E-state index contributed by atoms with van der Waals surface area (Å²) < 4.78 is 21.1. The Hall–Kier alpha value is -0.910. The Labute approximate surface area is 139 Å². The van der Waals surface area contributed by atoms with Gasteiger partial charge in [-0.1, -0.05) is 37.9 Å². The van der Waals surface area contributed by atoms with Crippen molar-refractivity contribution in [2.45, 2.75) is 18.9 Å². The fourth-order valence-electron chi connectivity index (χ4n) is 2.64. The summed E-state index contributed by atoms with van der Waals surface area (Å²) in [5, 5.41) is 10.4. The number of hydrogen-bond donors (Lipinski definition) is 1. The van der Waals surface area contributed by atoms with E-state index >= 15 is 0 Å². The Balaban J connectivity index is 1.94. The average Bonchev–Trinajstić information content (AvgIpc) is 2.86. The molecule has 0 aliphatic carbocycles. The third kappa shape index (κ3) is 3.00. The molecule has 2 aromatic carbocycles. The van der Waals surface area contributed by atoms with Crippen molar-refractivity contribution in [3.8, 4) is 5.75 Å². The number of aliphatic hydroxyl groups is 1. The van der Waals surface area contributed by atoms with Gasteiger partial charge in [-0.05, 0) is 35.4 Å². The lowest BCUT2D eigenvalue weighted by Gasteiger charge is -2.16. The van der Waals surface area contributed by atoms with E-state index in [1.807, 2.05) is 12.1 Å². The van der Waals surface area contributed by atoms with Crippen molar-refractivity contribution < 1.29 is 14.2 Å². The molecule has 21 heavy (non-hydrogen) atoms. The largest absolute Gasteiger partial charge is 0.493 e. The Morgan fingerprint density at radius 1 is 1.29 bits per heavy atom. The first-order valence-corrected chi connectivity index (χ1v) is 8.21. The molecule has 1 atom stereocenters. The normalized spacial score (nSPS) is 14.7. The van der Waals surface area contributed by atoms with Crippen LogP contribution >= 0.6 is 31.9 Å². The van der Waals surface area contributed by atoms with Gasteiger partial charge in [0.2, 0.25) is 0 Å². The summed E-state index contributed by atoms with van der Waals surface area (Å²) in [4.78, 5) is 0. The summed E-state index contributed by atoms with van der Waals surface area (Å²) in [6.07, 6.45) is 0.242.